The molecule has 0 aromatic carbocycles. The van der Waals surface area contributed by atoms with Gasteiger partial charge < -0.3 is 27.9 Å². The van der Waals surface area contributed by atoms with Gasteiger partial charge in [0, 0.05) is 38.1 Å². The maximum Gasteiger partial charge on any atom is 0.639 e. The van der Waals surface area contributed by atoms with Crippen LogP contribution in [-0.4, -0.2) is 52.8 Å². The van der Waals surface area contributed by atoms with E-state index in [0.717, 1.165) is 19.3 Å². The van der Waals surface area contributed by atoms with E-state index in [1.54, 1.807) is 0 Å². The highest BCUT2D eigenvalue weighted by atomic mass is 16.8. The first kappa shape index (κ1) is 16.3. The largest absolute Gasteiger partial charge is 0.639 e. The molecule has 2 heterocycles. The number of hydrogen-bond donors (Lipinski definition) is 0. The standard InChI is InChI=1S/C12H24B2O6/c1-10-4-7-15-13(18-10)16-8-5-11(2)19-14-17-9-6-12(3)20-14/h10-12H,4-9H2,1-3H3. The van der Waals surface area contributed by atoms with E-state index in [2.05, 4.69) is 0 Å². The van der Waals surface area contributed by atoms with E-state index in [-0.39, 0.29) is 18.3 Å². The third kappa shape index (κ3) is 5.71. The van der Waals surface area contributed by atoms with E-state index < -0.39 is 14.6 Å². The Morgan fingerprint density at radius 3 is 2.30 bits per heavy atom. The summed E-state index contributed by atoms with van der Waals surface area (Å²) in [7, 11) is -1.11. The highest BCUT2D eigenvalue weighted by molar-refractivity contribution is 6.37. The van der Waals surface area contributed by atoms with Crippen LogP contribution in [0.4, 0.5) is 0 Å². The van der Waals surface area contributed by atoms with Gasteiger partial charge in [-0.3, -0.25) is 0 Å². The molecule has 3 unspecified atom stereocenters. The lowest BCUT2D eigenvalue weighted by Gasteiger charge is -2.27. The first-order valence-electron chi connectivity index (χ1n) is 7.44. The summed E-state index contributed by atoms with van der Waals surface area (Å²) in [6.07, 6.45) is 2.91. The summed E-state index contributed by atoms with van der Waals surface area (Å²) in [5.41, 5.74) is 0. The predicted molar refractivity (Wildman–Crippen MR) is 74.9 cm³/mol. The molecule has 0 N–H and O–H groups in total. The second kappa shape index (κ2) is 8.36. The zero-order valence-electron chi connectivity index (χ0n) is 12.6. The summed E-state index contributed by atoms with van der Waals surface area (Å²) in [6, 6.07) is 0. The van der Waals surface area contributed by atoms with Crippen LogP contribution in [0.2, 0.25) is 0 Å². The quantitative estimate of drug-likeness (QED) is 0.688. The molecule has 0 amide bonds. The van der Waals surface area contributed by atoms with Crippen LogP contribution < -0.4 is 0 Å². The molecule has 2 rings (SSSR count). The van der Waals surface area contributed by atoms with Gasteiger partial charge >= 0.3 is 14.6 Å². The summed E-state index contributed by atoms with van der Waals surface area (Å²) in [4.78, 5) is 0. The monoisotopic (exact) mass is 286 g/mol. The van der Waals surface area contributed by atoms with Gasteiger partial charge in [0.25, 0.3) is 0 Å². The highest BCUT2D eigenvalue weighted by Crippen LogP contribution is 2.13. The molecule has 114 valence electrons. The van der Waals surface area contributed by atoms with Gasteiger partial charge in [0.15, 0.2) is 0 Å². The molecule has 2 aliphatic rings. The SMILES string of the molecule is CC1CCOB(OCCC(C)OB2OCCC(C)O2)O1. The third-order valence-electron chi connectivity index (χ3n) is 3.37. The Kier molecular flexibility index (Phi) is 6.80. The fourth-order valence-corrected chi connectivity index (χ4v) is 2.00. The van der Waals surface area contributed by atoms with Gasteiger partial charge in [0.1, 0.15) is 0 Å². The van der Waals surface area contributed by atoms with Crippen LogP contribution in [0.25, 0.3) is 0 Å². The fraction of sp³-hybridized carbons (Fsp3) is 1.00. The normalized spacial score (nSPS) is 29.6. The van der Waals surface area contributed by atoms with E-state index >= 15 is 0 Å². The van der Waals surface area contributed by atoms with E-state index in [9.17, 15) is 0 Å². The van der Waals surface area contributed by atoms with Gasteiger partial charge in [-0.05, 0) is 40.0 Å². The van der Waals surface area contributed by atoms with Gasteiger partial charge in [-0.1, -0.05) is 0 Å². The molecule has 2 saturated heterocycles. The fourth-order valence-electron chi connectivity index (χ4n) is 2.00. The Hall–Kier alpha value is -0.110. The van der Waals surface area contributed by atoms with Crippen LogP contribution in [0.3, 0.4) is 0 Å². The van der Waals surface area contributed by atoms with Crippen molar-refractivity contribution in [2.45, 2.75) is 58.3 Å². The second-order valence-corrected chi connectivity index (χ2v) is 5.40. The van der Waals surface area contributed by atoms with Crippen molar-refractivity contribution < 1.29 is 27.9 Å². The molecule has 0 aliphatic carbocycles. The maximum absolute atomic E-state index is 5.67. The van der Waals surface area contributed by atoms with Gasteiger partial charge in [-0.15, -0.1) is 0 Å². The van der Waals surface area contributed by atoms with Crippen LogP contribution in [0.15, 0.2) is 0 Å². The molecule has 8 heteroatoms. The molecule has 0 radical (unpaired) electrons. The summed E-state index contributed by atoms with van der Waals surface area (Å²) in [5, 5.41) is 0. The van der Waals surface area contributed by atoms with E-state index in [4.69, 9.17) is 27.9 Å². The first-order chi connectivity index (χ1) is 9.63. The van der Waals surface area contributed by atoms with Crippen molar-refractivity contribution in [3.8, 4) is 0 Å². The Balaban J connectivity index is 1.56. The molecule has 3 atom stereocenters. The molecule has 2 fully saturated rings. The van der Waals surface area contributed by atoms with Crippen molar-refractivity contribution in [3.63, 3.8) is 0 Å². The summed E-state index contributed by atoms with van der Waals surface area (Å²) < 4.78 is 33.0. The lowest BCUT2D eigenvalue weighted by Crippen LogP contribution is -2.40. The summed E-state index contributed by atoms with van der Waals surface area (Å²) >= 11 is 0. The Labute approximate surface area is 121 Å². The topological polar surface area (TPSA) is 55.4 Å². The number of hydrogen-bond acceptors (Lipinski definition) is 6. The summed E-state index contributed by atoms with van der Waals surface area (Å²) in [6.45, 7) is 7.88. The minimum Gasteiger partial charge on any atom is -0.386 e. The molecule has 0 saturated carbocycles. The molecule has 0 bridgehead atoms. The van der Waals surface area contributed by atoms with Crippen molar-refractivity contribution in [2.75, 3.05) is 19.8 Å². The molecular weight excluding hydrogens is 262 g/mol. The third-order valence-corrected chi connectivity index (χ3v) is 3.37. The van der Waals surface area contributed by atoms with Crippen LogP contribution in [0.5, 0.6) is 0 Å². The van der Waals surface area contributed by atoms with Gasteiger partial charge in [-0.25, -0.2) is 0 Å². The highest BCUT2D eigenvalue weighted by Gasteiger charge is 2.31. The Morgan fingerprint density at radius 2 is 1.65 bits per heavy atom. The van der Waals surface area contributed by atoms with Crippen molar-refractivity contribution >= 4 is 14.6 Å². The van der Waals surface area contributed by atoms with E-state index in [1.165, 1.54) is 0 Å². The molecule has 6 nitrogen and oxygen atoms in total. The summed E-state index contributed by atoms with van der Waals surface area (Å²) in [5.74, 6) is 0. The zero-order valence-corrected chi connectivity index (χ0v) is 12.6. The average molecular weight is 286 g/mol. The van der Waals surface area contributed by atoms with Crippen molar-refractivity contribution in [1.82, 2.24) is 0 Å². The van der Waals surface area contributed by atoms with E-state index in [1.807, 2.05) is 20.8 Å². The number of rotatable bonds is 6. The Morgan fingerprint density at radius 1 is 1.05 bits per heavy atom. The molecule has 0 aromatic rings. The maximum atomic E-state index is 5.67. The van der Waals surface area contributed by atoms with Crippen LogP contribution >= 0.6 is 0 Å². The van der Waals surface area contributed by atoms with Gasteiger partial charge in [-0.2, -0.15) is 0 Å². The van der Waals surface area contributed by atoms with Crippen LogP contribution in [0.1, 0.15) is 40.0 Å². The van der Waals surface area contributed by atoms with Crippen molar-refractivity contribution in [3.05, 3.63) is 0 Å². The van der Waals surface area contributed by atoms with Crippen LogP contribution in [0, 0.1) is 0 Å². The second-order valence-electron chi connectivity index (χ2n) is 5.40. The average Bonchev–Trinajstić information content (AvgIpc) is 2.38. The lowest BCUT2D eigenvalue weighted by atomic mass is 10.1. The molecular formula is C12H24B2O6. The molecule has 20 heavy (non-hydrogen) atoms. The van der Waals surface area contributed by atoms with Crippen molar-refractivity contribution in [1.29, 1.82) is 0 Å². The minimum absolute atomic E-state index is 0.00804. The van der Waals surface area contributed by atoms with E-state index in [0.29, 0.717) is 19.8 Å². The zero-order chi connectivity index (χ0) is 14.4. The minimum atomic E-state index is -0.559. The lowest BCUT2D eigenvalue weighted by molar-refractivity contribution is -0.0118. The Bertz CT molecular complexity index is 283. The molecule has 0 spiro atoms. The van der Waals surface area contributed by atoms with Gasteiger partial charge in [0.2, 0.25) is 0 Å². The smallest absolute Gasteiger partial charge is 0.386 e. The van der Waals surface area contributed by atoms with Crippen LogP contribution in [-0.2, 0) is 27.9 Å². The molecule has 2 aliphatic heterocycles. The predicted octanol–water partition coefficient (Wildman–Crippen LogP) is 1.42. The first-order valence-corrected chi connectivity index (χ1v) is 7.44. The van der Waals surface area contributed by atoms with Gasteiger partial charge in [0.05, 0.1) is 0 Å². The van der Waals surface area contributed by atoms with Crippen molar-refractivity contribution in [2.24, 2.45) is 0 Å². The molecule has 0 aromatic heterocycles.